The largest absolute Gasteiger partial charge is 0.480 e. The number of methoxy groups -OCH3 is 2. The van der Waals surface area contributed by atoms with Gasteiger partial charge in [-0.25, -0.2) is 9.59 Å². The van der Waals surface area contributed by atoms with Gasteiger partial charge in [0.25, 0.3) is 0 Å². The maximum Gasteiger partial charge on any atom is 0.328 e. The number of rotatable bonds is 6. The van der Waals surface area contributed by atoms with Crippen LogP contribution in [-0.2, 0) is 19.1 Å². The van der Waals surface area contributed by atoms with Crippen molar-refractivity contribution in [3.63, 3.8) is 0 Å². The minimum atomic E-state index is -1.22. The molecule has 0 fully saturated rings. The molecule has 2 N–H and O–H groups in total. The Labute approximate surface area is 98.5 Å². The van der Waals surface area contributed by atoms with Crippen LogP contribution in [-0.4, -0.2) is 68.4 Å². The molecule has 0 aromatic heterocycles. The molecule has 0 aromatic rings. The topological polar surface area (TPSA) is 105 Å². The Morgan fingerprint density at radius 3 is 2.35 bits per heavy atom. The SMILES string of the molecule is COCC(NC(=O)N(C)CC(=O)OC)C(=O)O. The fourth-order valence-electron chi connectivity index (χ4n) is 0.931. The minimum Gasteiger partial charge on any atom is -0.480 e. The molecule has 0 heterocycles. The molecule has 0 saturated carbocycles. The molecule has 0 saturated heterocycles. The average Bonchev–Trinajstić information content (AvgIpc) is 2.27. The Bertz CT molecular complexity index is 293. The molecule has 8 heteroatoms. The molecular formula is C9H16N2O6. The fraction of sp³-hybridized carbons (Fsp3) is 0.667. The number of hydrogen-bond donors (Lipinski definition) is 2. The summed E-state index contributed by atoms with van der Waals surface area (Å²) in [6.45, 7) is -0.422. The highest BCUT2D eigenvalue weighted by Crippen LogP contribution is 1.91. The summed E-state index contributed by atoms with van der Waals surface area (Å²) in [5.74, 6) is -1.81. The van der Waals surface area contributed by atoms with Crippen molar-refractivity contribution < 1.29 is 29.0 Å². The molecule has 0 bridgehead atoms. The molecule has 0 rings (SSSR count). The molecule has 1 atom stereocenters. The molecule has 0 aliphatic heterocycles. The molecule has 0 radical (unpaired) electrons. The zero-order chi connectivity index (χ0) is 13.4. The van der Waals surface area contributed by atoms with E-state index < -0.39 is 24.0 Å². The third kappa shape index (κ3) is 5.71. The van der Waals surface area contributed by atoms with E-state index in [1.807, 2.05) is 0 Å². The van der Waals surface area contributed by atoms with E-state index in [1.54, 1.807) is 0 Å². The number of urea groups is 1. The lowest BCUT2D eigenvalue weighted by molar-refractivity contribution is -0.141. The molecule has 17 heavy (non-hydrogen) atoms. The van der Waals surface area contributed by atoms with Crippen LogP contribution in [0.2, 0.25) is 0 Å². The van der Waals surface area contributed by atoms with Crippen molar-refractivity contribution in [1.29, 1.82) is 0 Å². The molecule has 98 valence electrons. The summed E-state index contributed by atoms with van der Waals surface area (Å²) in [5.41, 5.74) is 0. The number of aliphatic carboxylic acids is 1. The van der Waals surface area contributed by atoms with Crippen molar-refractivity contribution in [3.05, 3.63) is 0 Å². The second kappa shape index (κ2) is 7.44. The van der Waals surface area contributed by atoms with E-state index >= 15 is 0 Å². The molecule has 0 spiro atoms. The van der Waals surface area contributed by atoms with Crippen LogP contribution in [0.15, 0.2) is 0 Å². The number of carbonyl (C=O) groups is 3. The van der Waals surface area contributed by atoms with Crippen LogP contribution in [0.4, 0.5) is 4.79 Å². The van der Waals surface area contributed by atoms with Gasteiger partial charge in [0.2, 0.25) is 0 Å². The summed E-state index contributed by atoms with van der Waals surface area (Å²) in [6.07, 6.45) is 0. The molecular weight excluding hydrogens is 232 g/mol. The van der Waals surface area contributed by atoms with Crippen LogP contribution in [0.3, 0.4) is 0 Å². The number of amides is 2. The predicted molar refractivity (Wildman–Crippen MR) is 56.5 cm³/mol. The third-order valence-electron chi connectivity index (χ3n) is 1.87. The first-order chi connectivity index (χ1) is 7.92. The zero-order valence-electron chi connectivity index (χ0n) is 9.93. The van der Waals surface area contributed by atoms with Gasteiger partial charge in [-0.1, -0.05) is 0 Å². The average molecular weight is 248 g/mol. The van der Waals surface area contributed by atoms with Crippen LogP contribution < -0.4 is 5.32 Å². The third-order valence-corrected chi connectivity index (χ3v) is 1.87. The van der Waals surface area contributed by atoms with E-state index in [9.17, 15) is 14.4 Å². The summed E-state index contributed by atoms with van der Waals surface area (Å²) in [5, 5.41) is 11.0. The van der Waals surface area contributed by atoms with Crippen LogP contribution >= 0.6 is 0 Å². The highest BCUT2D eigenvalue weighted by molar-refractivity contribution is 5.85. The molecule has 2 amide bonds. The van der Waals surface area contributed by atoms with Gasteiger partial charge in [-0.15, -0.1) is 0 Å². The Hall–Kier alpha value is -1.83. The monoisotopic (exact) mass is 248 g/mol. The van der Waals surface area contributed by atoms with Crippen molar-refractivity contribution >= 4 is 18.0 Å². The van der Waals surface area contributed by atoms with Crippen molar-refractivity contribution in [2.75, 3.05) is 34.4 Å². The zero-order valence-corrected chi connectivity index (χ0v) is 9.93. The molecule has 1 unspecified atom stereocenters. The number of carbonyl (C=O) groups excluding carboxylic acids is 2. The number of hydrogen-bond acceptors (Lipinski definition) is 5. The summed E-state index contributed by atoms with van der Waals surface area (Å²) >= 11 is 0. The number of carboxylic acids is 1. The van der Waals surface area contributed by atoms with Crippen LogP contribution in [0, 0.1) is 0 Å². The maximum absolute atomic E-state index is 11.5. The van der Waals surface area contributed by atoms with E-state index in [2.05, 4.69) is 14.8 Å². The van der Waals surface area contributed by atoms with Gasteiger partial charge < -0.3 is 24.8 Å². The minimum absolute atomic E-state index is 0.160. The van der Waals surface area contributed by atoms with Crippen LogP contribution in [0.5, 0.6) is 0 Å². The Morgan fingerprint density at radius 2 is 1.94 bits per heavy atom. The van der Waals surface area contributed by atoms with E-state index in [1.165, 1.54) is 21.3 Å². The first kappa shape index (κ1) is 15.2. The van der Waals surface area contributed by atoms with Crippen LogP contribution in [0.1, 0.15) is 0 Å². The quantitative estimate of drug-likeness (QED) is 0.578. The number of carboxylic acid groups (broad SMARTS) is 1. The van der Waals surface area contributed by atoms with E-state index in [4.69, 9.17) is 5.11 Å². The molecule has 0 aromatic carbocycles. The lowest BCUT2D eigenvalue weighted by atomic mass is 10.3. The molecule has 0 aliphatic carbocycles. The Kier molecular flexibility index (Phi) is 6.64. The van der Waals surface area contributed by atoms with Crippen LogP contribution in [0.25, 0.3) is 0 Å². The van der Waals surface area contributed by atoms with E-state index in [-0.39, 0.29) is 13.2 Å². The van der Waals surface area contributed by atoms with Crippen molar-refractivity contribution in [2.45, 2.75) is 6.04 Å². The first-order valence-corrected chi connectivity index (χ1v) is 4.72. The summed E-state index contributed by atoms with van der Waals surface area (Å²) < 4.78 is 9.01. The number of esters is 1. The second-order valence-electron chi connectivity index (χ2n) is 3.23. The first-order valence-electron chi connectivity index (χ1n) is 4.72. The van der Waals surface area contributed by atoms with Gasteiger partial charge in [0.05, 0.1) is 13.7 Å². The normalized spacial score (nSPS) is 11.5. The van der Waals surface area contributed by atoms with Gasteiger partial charge in [0.15, 0.2) is 6.04 Å². The van der Waals surface area contributed by atoms with Gasteiger partial charge in [-0.05, 0) is 0 Å². The summed E-state index contributed by atoms with van der Waals surface area (Å²) in [6, 6.07) is -1.85. The van der Waals surface area contributed by atoms with Gasteiger partial charge >= 0.3 is 18.0 Å². The summed E-state index contributed by atoms with van der Waals surface area (Å²) in [4.78, 5) is 34.1. The number of ether oxygens (including phenoxy) is 2. The van der Waals surface area contributed by atoms with Gasteiger partial charge in [0.1, 0.15) is 6.54 Å². The van der Waals surface area contributed by atoms with Crippen molar-refractivity contribution in [2.24, 2.45) is 0 Å². The fourth-order valence-corrected chi connectivity index (χ4v) is 0.931. The number of nitrogens with one attached hydrogen (secondary N) is 1. The predicted octanol–water partition coefficient (Wildman–Crippen LogP) is -1.10. The summed E-state index contributed by atoms with van der Waals surface area (Å²) in [7, 11) is 3.86. The van der Waals surface area contributed by atoms with Crippen molar-refractivity contribution in [1.82, 2.24) is 10.2 Å². The standard InChI is InChI=1S/C9H16N2O6/c1-11(4-7(12)17-3)9(15)10-6(5-16-2)8(13)14/h6H,4-5H2,1-3H3,(H,10,15)(H,13,14). The van der Waals surface area contributed by atoms with E-state index in [0.717, 1.165) is 4.90 Å². The number of likely N-dealkylation sites (N-methyl/N-ethyl adjacent to an activating group) is 1. The highest BCUT2D eigenvalue weighted by atomic mass is 16.5. The van der Waals surface area contributed by atoms with Gasteiger partial charge in [-0.2, -0.15) is 0 Å². The van der Waals surface area contributed by atoms with Gasteiger partial charge in [0, 0.05) is 14.2 Å². The maximum atomic E-state index is 11.5. The lowest BCUT2D eigenvalue weighted by Crippen LogP contribution is -2.49. The number of nitrogens with zero attached hydrogens (tertiary/aromatic N) is 1. The Morgan fingerprint density at radius 1 is 1.35 bits per heavy atom. The van der Waals surface area contributed by atoms with Gasteiger partial charge in [-0.3, -0.25) is 4.79 Å². The second-order valence-corrected chi connectivity index (χ2v) is 3.23. The highest BCUT2D eigenvalue weighted by Gasteiger charge is 2.22. The molecule has 8 nitrogen and oxygen atoms in total. The lowest BCUT2D eigenvalue weighted by Gasteiger charge is -2.19. The van der Waals surface area contributed by atoms with E-state index in [0.29, 0.717) is 0 Å². The molecule has 0 aliphatic rings. The van der Waals surface area contributed by atoms with Crippen molar-refractivity contribution in [3.8, 4) is 0 Å². The Balaban J connectivity index is 4.30. The smallest absolute Gasteiger partial charge is 0.328 e.